The standard InChI is InChI=1S/C25H30N2O3.ClH/c1-16(2)30-24-11-9-19(14-21(24)17(3)28)25(29)26-20-10-8-18-6-4-12-27-13-5-7-23(27)22(18)15-20;/h8-11,14-16,23H,4-7,12-13H2,1-3H3,(H,26,29);1H. The molecule has 166 valence electrons. The maximum Gasteiger partial charge on any atom is 0.255 e. The molecule has 6 heteroatoms. The van der Waals surface area contributed by atoms with Gasteiger partial charge in [0.1, 0.15) is 5.75 Å². The molecule has 1 N–H and O–H groups in total. The molecule has 1 fully saturated rings. The fourth-order valence-electron chi connectivity index (χ4n) is 4.64. The van der Waals surface area contributed by atoms with E-state index < -0.39 is 0 Å². The molecule has 0 radical (unpaired) electrons. The van der Waals surface area contributed by atoms with Crippen LogP contribution in [0.5, 0.6) is 5.75 Å². The number of amides is 1. The van der Waals surface area contributed by atoms with Gasteiger partial charge in [0.25, 0.3) is 5.91 Å². The van der Waals surface area contributed by atoms with Crippen LogP contribution in [0.1, 0.15) is 77.9 Å². The Balaban J connectivity index is 0.00000272. The van der Waals surface area contributed by atoms with Crippen LogP contribution in [0.4, 0.5) is 5.69 Å². The summed E-state index contributed by atoms with van der Waals surface area (Å²) in [5, 5.41) is 3.03. The van der Waals surface area contributed by atoms with Crippen molar-refractivity contribution in [2.45, 2.75) is 58.6 Å². The minimum Gasteiger partial charge on any atom is -0.490 e. The number of hydrogen-bond acceptors (Lipinski definition) is 4. The first-order chi connectivity index (χ1) is 14.4. The van der Waals surface area contributed by atoms with Crippen molar-refractivity contribution in [1.82, 2.24) is 4.90 Å². The first kappa shape index (κ1) is 23.3. The molecule has 4 rings (SSSR count). The molecule has 2 aromatic rings. The van der Waals surface area contributed by atoms with Gasteiger partial charge in [0.05, 0.1) is 11.7 Å². The number of nitrogens with one attached hydrogen (secondary N) is 1. The Morgan fingerprint density at radius 3 is 2.61 bits per heavy atom. The monoisotopic (exact) mass is 442 g/mol. The lowest BCUT2D eigenvalue weighted by atomic mass is 9.96. The van der Waals surface area contributed by atoms with E-state index in [0.717, 1.165) is 18.7 Å². The molecule has 2 aliphatic heterocycles. The van der Waals surface area contributed by atoms with Crippen LogP contribution >= 0.6 is 12.4 Å². The van der Waals surface area contributed by atoms with Crippen molar-refractivity contribution in [2.24, 2.45) is 0 Å². The maximum atomic E-state index is 12.9. The first-order valence-corrected chi connectivity index (χ1v) is 10.9. The Bertz CT molecular complexity index is 973. The zero-order valence-corrected chi connectivity index (χ0v) is 19.3. The molecule has 2 aromatic carbocycles. The third-order valence-electron chi connectivity index (χ3n) is 6.00. The van der Waals surface area contributed by atoms with Crippen molar-refractivity contribution in [1.29, 1.82) is 0 Å². The lowest BCUT2D eigenvalue weighted by Crippen LogP contribution is -2.23. The average Bonchev–Trinajstić information content (AvgIpc) is 3.10. The largest absolute Gasteiger partial charge is 0.490 e. The molecule has 0 spiro atoms. The van der Waals surface area contributed by atoms with E-state index >= 15 is 0 Å². The van der Waals surface area contributed by atoms with E-state index in [1.807, 2.05) is 19.9 Å². The number of Topliss-reactive ketones (excluding diaryl/α,β-unsaturated/α-hetero) is 1. The van der Waals surface area contributed by atoms with Crippen LogP contribution in [-0.4, -0.2) is 35.8 Å². The van der Waals surface area contributed by atoms with Crippen molar-refractivity contribution in [3.8, 4) is 5.75 Å². The zero-order valence-electron chi connectivity index (χ0n) is 18.4. The Hall–Kier alpha value is -2.37. The van der Waals surface area contributed by atoms with Crippen molar-refractivity contribution in [2.75, 3.05) is 18.4 Å². The molecule has 0 aromatic heterocycles. The normalized spacial score (nSPS) is 17.9. The van der Waals surface area contributed by atoms with Crippen LogP contribution < -0.4 is 10.1 Å². The van der Waals surface area contributed by atoms with Gasteiger partial charge in [0.15, 0.2) is 5.78 Å². The van der Waals surface area contributed by atoms with Crippen molar-refractivity contribution < 1.29 is 14.3 Å². The summed E-state index contributed by atoms with van der Waals surface area (Å²) in [6, 6.07) is 11.8. The summed E-state index contributed by atoms with van der Waals surface area (Å²) in [6.45, 7) is 7.63. The van der Waals surface area contributed by atoms with Gasteiger partial charge < -0.3 is 10.1 Å². The summed E-state index contributed by atoms with van der Waals surface area (Å²) >= 11 is 0. The summed E-state index contributed by atoms with van der Waals surface area (Å²) in [6.07, 6.45) is 4.66. The second-order valence-electron chi connectivity index (χ2n) is 8.60. The predicted octanol–water partition coefficient (Wildman–Crippen LogP) is 5.43. The third-order valence-corrected chi connectivity index (χ3v) is 6.00. The number of halogens is 1. The van der Waals surface area contributed by atoms with Gasteiger partial charge in [0, 0.05) is 17.3 Å². The second-order valence-corrected chi connectivity index (χ2v) is 8.60. The highest BCUT2D eigenvalue weighted by Gasteiger charge is 2.29. The van der Waals surface area contributed by atoms with Gasteiger partial charge in [-0.3, -0.25) is 14.5 Å². The van der Waals surface area contributed by atoms with Gasteiger partial charge in [0.2, 0.25) is 0 Å². The fourth-order valence-corrected chi connectivity index (χ4v) is 4.64. The number of hydrogen-bond donors (Lipinski definition) is 1. The lowest BCUT2D eigenvalue weighted by Gasteiger charge is -2.23. The van der Waals surface area contributed by atoms with Crippen molar-refractivity contribution in [3.05, 3.63) is 58.7 Å². The van der Waals surface area contributed by atoms with E-state index in [0.29, 0.717) is 22.9 Å². The quantitative estimate of drug-likeness (QED) is 0.627. The first-order valence-electron chi connectivity index (χ1n) is 10.9. The number of carbonyl (C=O) groups is 2. The molecule has 5 nitrogen and oxygen atoms in total. The van der Waals surface area contributed by atoms with Crippen LogP contribution in [0.15, 0.2) is 36.4 Å². The Morgan fingerprint density at radius 2 is 1.87 bits per heavy atom. The van der Waals surface area contributed by atoms with E-state index in [9.17, 15) is 9.59 Å². The minimum absolute atomic E-state index is 0. The summed E-state index contributed by atoms with van der Waals surface area (Å²) < 4.78 is 5.72. The number of fused-ring (bicyclic) bond motifs is 3. The molecular formula is C25H31ClN2O3. The highest BCUT2D eigenvalue weighted by atomic mass is 35.5. The molecule has 2 aliphatic rings. The molecule has 1 saturated heterocycles. The highest BCUT2D eigenvalue weighted by Crippen LogP contribution is 2.38. The van der Waals surface area contributed by atoms with E-state index in [2.05, 4.69) is 22.3 Å². The summed E-state index contributed by atoms with van der Waals surface area (Å²) in [5.74, 6) is 0.178. The smallest absolute Gasteiger partial charge is 0.255 e. The molecule has 0 bridgehead atoms. The van der Waals surface area contributed by atoms with Gasteiger partial charge in [-0.05, 0) is 101 Å². The van der Waals surface area contributed by atoms with E-state index in [-0.39, 0.29) is 30.2 Å². The molecule has 1 amide bonds. The molecule has 1 atom stereocenters. The number of carbonyl (C=O) groups excluding carboxylic acids is 2. The molecule has 1 unspecified atom stereocenters. The Morgan fingerprint density at radius 1 is 1.10 bits per heavy atom. The molecule has 0 aliphatic carbocycles. The third kappa shape index (κ3) is 5.10. The number of ketones is 1. The Kier molecular flexibility index (Phi) is 7.39. The fraction of sp³-hybridized carbons (Fsp3) is 0.440. The minimum atomic E-state index is -0.217. The van der Waals surface area contributed by atoms with Crippen molar-refractivity contribution >= 4 is 29.8 Å². The lowest BCUT2D eigenvalue weighted by molar-refractivity contribution is 0.101. The maximum absolute atomic E-state index is 12.9. The number of benzene rings is 2. The average molecular weight is 443 g/mol. The topological polar surface area (TPSA) is 58.6 Å². The highest BCUT2D eigenvalue weighted by molar-refractivity contribution is 6.07. The molecule has 2 heterocycles. The van der Waals surface area contributed by atoms with Gasteiger partial charge >= 0.3 is 0 Å². The van der Waals surface area contributed by atoms with Crippen molar-refractivity contribution in [3.63, 3.8) is 0 Å². The predicted molar refractivity (Wildman–Crippen MR) is 126 cm³/mol. The van der Waals surface area contributed by atoms with Crippen LogP contribution in [0.3, 0.4) is 0 Å². The second kappa shape index (κ2) is 9.84. The number of nitrogens with zero attached hydrogens (tertiary/aromatic N) is 1. The SMILES string of the molecule is CC(=O)c1cc(C(=O)Nc2ccc3c(c2)C2CCCN2CCC3)ccc1OC(C)C.Cl. The van der Waals surface area contributed by atoms with Gasteiger partial charge in [-0.1, -0.05) is 6.07 Å². The number of ether oxygens (including phenoxy) is 1. The van der Waals surface area contributed by atoms with E-state index in [1.165, 1.54) is 43.9 Å². The molecular weight excluding hydrogens is 412 g/mol. The van der Waals surface area contributed by atoms with E-state index in [1.54, 1.807) is 18.2 Å². The van der Waals surface area contributed by atoms with Crippen LogP contribution in [-0.2, 0) is 6.42 Å². The summed E-state index contributed by atoms with van der Waals surface area (Å²) in [4.78, 5) is 27.5. The summed E-state index contributed by atoms with van der Waals surface area (Å²) in [5.41, 5.74) is 4.44. The molecule has 31 heavy (non-hydrogen) atoms. The summed E-state index contributed by atoms with van der Waals surface area (Å²) in [7, 11) is 0. The van der Waals surface area contributed by atoms with Gasteiger partial charge in [-0.15, -0.1) is 12.4 Å². The van der Waals surface area contributed by atoms with Gasteiger partial charge in [-0.2, -0.15) is 0 Å². The van der Waals surface area contributed by atoms with Crippen LogP contribution in [0, 0.1) is 0 Å². The number of aryl methyl sites for hydroxylation is 1. The van der Waals surface area contributed by atoms with Gasteiger partial charge in [-0.25, -0.2) is 0 Å². The Labute approximate surface area is 190 Å². The number of rotatable bonds is 5. The number of anilines is 1. The van der Waals surface area contributed by atoms with E-state index in [4.69, 9.17) is 4.74 Å². The molecule has 0 saturated carbocycles. The van der Waals surface area contributed by atoms with Crippen LogP contribution in [0.2, 0.25) is 0 Å². The van der Waals surface area contributed by atoms with Crippen LogP contribution in [0.25, 0.3) is 0 Å². The zero-order chi connectivity index (χ0) is 21.3.